The zero-order chi connectivity index (χ0) is 28.3. The van der Waals surface area contributed by atoms with E-state index in [1.54, 1.807) is 24.3 Å². The van der Waals surface area contributed by atoms with Crippen molar-refractivity contribution in [1.29, 1.82) is 0 Å². The van der Waals surface area contributed by atoms with Gasteiger partial charge in [0, 0.05) is 12.6 Å². The molecule has 0 aliphatic carbocycles. The molecule has 0 unspecified atom stereocenters. The number of alkyl halides is 3. The van der Waals surface area contributed by atoms with Crippen LogP contribution in [0.1, 0.15) is 24.0 Å². The van der Waals surface area contributed by atoms with Crippen LogP contribution in [-0.4, -0.2) is 37.3 Å². The molecule has 3 aromatic carbocycles. The molecule has 0 spiro atoms. The van der Waals surface area contributed by atoms with Crippen LogP contribution in [0.4, 0.5) is 22.0 Å². The third kappa shape index (κ3) is 6.45. The summed E-state index contributed by atoms with van der Waals surface area (Å²) in [6.45, 7) is -0.226. The second kappa shape index (κ2) is 11.3. The highest BCUT2D eigenvalue weighted by Gasteiger charge is 2.30. The number of fused-ring (bicyclic) bond motifs is 1. The van der Waals surface area contributed by atoms with Crippen LogP contribution in [0.3, 0.4) is 0 Å². The van der Waals surface area contributed by atoms with Gasteiger partial charge in [-0.25, -0.2) is 13.5 Å². The van der Waals surface area contributed by atoms with Crippen LogP contribution < -0.4 is 5.56 Å². The first-order chi connectivity index (χ1) is 18.4. The van der Waals surface area contributed by atoms with Crippen molar-refractivity contribution in [2.24, 2.45) is 5.92 Å². The number of aliphatic carboxylic acids is 1. The fourth-order valence-corrected chi connectivity index (χ4v) is 4.19. The Morgan fingerprint density at radius 3 is 2.10 bits per heavy atom. The first-order valence-corrected chi connectivity index (χ1v) is 11.8. The summed E-state index contributed by atoms with van der Waals surface area (Å²) in [7, 11) is 0. The zero-order valence-electron chi connectivity index (χ0n) is 20.2. The number of carbonyl (C=O) groups is 1. The Kier molecular flexibility index (Phi) is 8.05. The average molecular weight is 547 g/mol. The van der Waals surface area contributed by atoms with E-state index in [0.717, 1.165) is 28.4 Å². The molecule has 0 fully saturated rings. The molecule has 204 valence electrons. The maximum atomic E-state index is 13.6. The number of halogens is 5. The highest BCUT2D eigenvalue weighted by molar-refractivity contribution is 5.77. The summed E-state index contributed by atoms with van der Waals surface area (Å²) in [4.78, 5) is 24.4. The van der Waals surface area contributed by atoms with Gasteiger partial charge in [-0.2, -0.15) is 13.2 Å². The molecule has 0 aliphatic heterocycles. The number of nitrogens with zero attached hydrogens (tertiary/aromatic N) is 3. The number of benzene rings is 3. The fraction of sp³-hybridized carbons (Fsp3) is 0.259. The lowest BCUT2D eigenvalue weighted by Gasteiger charge is -2.19. The third-order valence-corrected chi connectivity index (χ3v) is 6.43. The molecule has 1 heterocycles. The van der Waals surface area contributed by atoms with E-state index in [4.69, 9.17) is 0 Å². The minimum absolute atomic E-state index is 0.0827. The monoisotopic (exact) mass is 547 g/mol. The quantitative estimate of drug-likeness (QED) is 0.291. The summed E-state index contributed by atoms with van der Waals surface area (Å²) in [5, 5.41) is 27.3. The lowest BCUT2D eigenvalue weighted by atomic mass is 9.93. The molecule has 1 aromatic heterocycles. The minimum Gasteiger partial charge on any atom is -0.481 e. The Morgan fingerprint density at radius 1 is 0.923 bits per heavy atom. The second-order valence-electron chi connectivity index (χ2n) is 9.01. The van der Waals surface area contributed by atoms with Crippen LogP contribution in [0.5, 0.6) is 0 Å². The maximum Gasteiger partial charge on any atom is 0.416 e. The van der Waals surface area contributed by atoms with Gasteiger partial charge >= 0.3 is 12.1 Å². The van der Waals surface area contributed by atoms with E-state index in [-0.39, 0.29) is 30.3 Å². The molecule has 4 rings (SSSR count). The van der Waals surface area contributed by atoms with Gasteiger partial charge < -0.3 is 10.2 Å². The van der Waals surface area contributed by atoms with Crippen molar-refractivity contribution in [1.82, 2.24) is 15.0 Å². The van der Waals surface area contributed by atoms with Gasteiger partial charge in [0.1, 0.15) is 5.52 Å². The molecule has 12 heteroatoms. The first kappa shape index (κ1) is 27.8. The Morgan fingerprint density at radius 2 is 1.51 bits per heavy atom. The van der Waals surface area contributed by atoms with Crippen LogP contribution in [0, 0.1) is 17.6 Å². The summed E-state index contributed by atoms with van der Waals surface area (Å²) >= 11 is 0. The summed E-state index contributed by atoms with van der Waals surface area (Å²) in [6, 6.07) is 13.1. The van der Waals surface area contributed by atoms with E-state index in [0.29, 0.717) is 23.6 Å². The van der Waals surface area contributed by atoms with E-state index in [2.05, 4.69) is 10.3 Å². The predicted molar refractivity (Wildman–Crippen MR) is 131 cm³/mol. The van der Waals surface area contributed by atoms with Crippen molar-refractivity contribution >= 4 is 16.9 Å². The minimum atomic E-state index is -4.42. The summed E-state index contributed by atoms with van der Waals surface area (Å²) < 4.78 is 66.1. The molecular weight excluding hydrogens is 525 g/mol. The van der Waals surface area contributed by atoms with Crippen molar-refractivity contribution in [2.45, 2.75) is 38.1 Å². The zero-order valence-corrected chi connectivity index (χ0v) is 20.2. The van der Waals surface area contributed by atoms with Gasteiger partial charge in [0.2, 0.25) is 0 Å². The van der Waals surface area contributed by atoms with Gasteiger partial charge in [-0.05, 0) is 54.2 Å². The lowest BCUT2D eigenvalue weighted by molar-refractivity contribution is -0.146. The summed E-state index contributed by atoms with van der Waals surface area (Å²) in [5.74, 6) is -4.94. The molecule has 2 N–H and O–H groups in total. The molecule has 39 heavy (non-hydrogen) atoms. The molecule has 0 amide bonds. The number of aryl methyl sites for hydroxylation is 2. The first-order valence-electron chi connectivity index (χ1n) is 11.8. The van der Waals surface area contributed by atoms with Gasteiger partial charge in [-0.3, -0.25) is 9.59 Å². The Bertz CT molecular complexity index is 1540. The molecule has 0 saturated carbocycles. The summed E-state index contributed by atoms with van der Waals surface area (Å²) in [6.07, 6.45) is -5.46. The number of carboxylic acids is 1. The topological polar surface area (TPSA) is 105 Å². The summed E-state index contributed by atoms with van der Waals surface area (Å²) in [5.41, 5.74) is 0.410. The molecule has 2 atom stereocenters. The van der Waals surface area contributed by atoms with Crippen LogP contribution >= 0.6 is 0 Å². The Labute approximate surface area is 218 Å². The lowest BCUT2D eigenvalue weighted by Crippen LogP contribution is -2.32. The Hall–Kier alpha value is -4.19. The molecule has 0 bridgehead atoms. The van der Waals surface area contributed by atoms with Crippen LogP contribution in [-0.2, 0) is 23.9 Å². The standard InChI is InChI=1S/C27H22F5N3O4/c28-21-13-20-23(14-22(21)29)33-34-35(25(20)37)12-11-19(26(38)39)24(36)10-3-15-1-4-16(5-2-15)17-6-8-18(9-7-17)27(30,31)32/h1-2,4-9,13-14,19,24,36H,3,10-12H2,(H,38,39)/t19-,24+/m0/s1. The van der Waals surface area contributed by atoms with Gasteiger partial charge in [0.15, 0.2) is 11.6 Å². The van der Waals surface area contributed by atoms with E-state index in [9.17, 15) is 41.8 Å². The van der Waals surface area contributed by atoms with Crippen molar-refractivity contribution in [2.75, 3.05) is 0 Å². The normalized spacial score (nSPS) is 13.4. The largest absolute Gasteiger partial charge is 0.481 e. The van der Waals surface area contributed by atoms with Crippen LogP contribution in [0.2, 0.25) is 0 Å². The van der Waals surface area contributed by atoms with Gasteiger partial charge in [0.05, 0.1) is 23.0 Å². The van der Waals surface area contributed by atoms with Crippen molar-refractivity contribution in [3.8, 4) is 11.1 Å². The molecule has 0 radical (unpaired) electrons. The van der Waals surface area contributed by atoms with E-state index >= 15 is 0 Å². The van der Waals surface area contributed by atoms with Crippen LogP contribution in [0.15, 0.2) is 65.5 Å². The van der Waals surface area contributed by atoms with Gasteiger partial charge in [-0.15, -0.1) is 5.10 Å². The highest BCUT2D eigenvalue weighted by Crippen LogP contribution is 2.31. The number of hydrogen-bond acceptors (Lipinski definition) is 5. The van der Waals surface area contributed by atoms with Crippen molar-refractivity contribution < 1.29 is 37.0 Å². The van der Waals surface area contributed by atoms with E-state index in [1.165, 1.54) is 12.1 Å². The number of aromatic nitrogens is 3. The van der Waals surface area contributed by atoms with Gasteiger partial charge in [0.25, 0.3) is 5.56 Å². The molecule has 0 aliphatic rings. The number of rotatable bonds is 9. The van der Waals surface area contributed by atoms with Crippen molar-refractivity contribution in [3.05, 3.63) is 93.8 Å². The number of carboxylic acid groups (broad SMARTS) is 1. The number of hydrogen-bond donors (Lipinski definition) is 2. The molecule has 4 aromatic rings. The average Bonchev–Trinajstić information content (AvgIpc) is 2.89. The van der Waals surface area contributed by atoms with Gasteiger partial charge in [-0.1, -0.05) is 41.6 Å². The highest BCUT2D eigenvalue weighted by atomic mass is 19.4. The molecular formula is C27H22F5N3O4. The van der Waals surface area contributed by atoms with Crippen LogP contribution in [0.25, 0.3) is 22.0 Å². The Balaban J connectivity index is 1.38. The number of aliphatic hydroxyl groups excluding tert-OH is 1. The predicted octanol–water partition coefficient (Wildman–Crippen LogP) is 4.84. The fourth-order valence-electron chi connectivity index (χ4n) is 4.19. The molecule has 7 nitrogen and oxygen atoms in total. The smallest absolute Gasteiger partial charge is 0.416 e. The SMILES string of the molecule is O=C(O)[C@@H](CCn1nnc2cc(F)c(F)cc2c1=O)[C@H](O)CCc1ccc(-c2ccc(C(F)(F)F)cc2)cc1. The van der Waals surface area contributed by atoms with E-state index < -0.39 is 46.9 Å². The molecule has 0 saturated heterocycles. The second-order valence-corrected chi connectivity index (χ2v) is 9.01. The number of aliphatic hydroxyl groups is 1. The van der Waals surface area contributed by atoms with Crippen molar-refractivity contribution in [3.63, 3.8) is 0 Å². The van der Waals surface area contributed by atoms with E-state index in [1.807, 2.05) is 0 Å². The third-order valence-electron chi connectivity index (χ3n) is 6.43. The maximum absolute atomic E-state index is 13.6.